The van der Waals surface area contributed by atoms with E-state index in [0.29, 0.717) is 0 Å². The highest BCUT2D eigenvalue weighted by atomic mass is 15.4. The van der Waals surface area contributed by atoms with Crippen LogP contribution >= 0.6 is 0 Å². The maximum atomic E-state index is 4.70. The van der Waals surface area contributed by atoms with Crippen LogP contribution in [-0.4, -0.2) is 28.8 Å². The summed E-state index contributed by atoms with van der Waals surface area (Å²) in [5.74, 6) is 0. The zero-order chi connectivity index (χ0) is 15.0. The van der Waals surface area contributed by atoms with Gasteiger partial charge in [-0.2, -0.15) is 28.8 Å². The van der Waals surface area contributed by atoms with Gasteiger partial charge in [-0.3, -0.25) is 0 Å². The van der Waals surface area contributed by atoms with Crippen molar-refractivity contribution in [1.29, 1.82) is 0 Å². The largest absolute Gasteiger partial charge is 0.196 e. The van der Waals surface area contributed by atoms with E-state index in [9.17, 15) is 0 Å². The molecule has 0 bridgehead atoms. The number of hydrogen-bond donors (Lipinski definition) is 0. The zero-order valence-corrected chi connectivity index (χ0v) is 13.2. The van der Waals surface area contributed by atoms with Crippen molar-refractivity contribution in [2.75, 3.05) is 0 Å². The number of fused-ring (bicyclic) bond motifs is 6. The average molecular weight is 282 g/mol. The lowest BCUT2D eigenvalue weighted by Crippen LogP contribution is -2.06. The zero-order valence-electron chi connectivity index (χ0n) is 13.2. The minimum absolute atomic E-state index is 1.02. The molecule has 0 aliphatic rings. The van der Waals surface area contributed by atoms with E-state index in [4.69, 9.17) is 15.3 Å². The first-order valence-electron chi connectivity index (χ1n) is 7.11. The molecule has 0 saturated carbocycles. The molecule has 4 aromatic heterocycles. The van der Waals surface area contributed by atoms with Gasteiger partial charge in [0.15, 0.2) is 16.9 Å². The first-order chi connectivity index (χ1) is 9.91. The first-order valence-corrected chi connectivity index (χ1v) is 7.11. The number of nitrogens with zero attached hydrogens (tertiary/aromatic N) is 6. The van der Waals surface area contributed by atoms with Crippen LogP contribution in [0.1, 0.15) is 33.8 Å². The van der Waals surface area contributed by atoms with Gasteiger partial charge in [-0.15, -0.1) is 0 Å². The molecule has 0 aliphatic carbocycles. The van der Waals surface area contributed by atoms with Crippen LogP contribution in [0.25, 0.3) is 16.9 Å². The highest BCUT2D eigenvalue weighted by molar-refractivity contribution is 5.69. The lowest BCUT2D eigenvalue weighted by Gasteiger charge is -2.05. The van der Waals surface area contributed by atoms with E-state index in [1.54, 1.807) is 0 Å². The molecular formula is C15H18N6. The Morgan fingerprint density at radius 2 is 0.714 bits per heavy atom. The molecule has 0 aliphatic heterocycles. The Kier molecular flexibility index (Phi) is 2.14. The molecule has 4 aromatic rings. The lowest BCUT2D eigenvalue weighted by atomic mass is 10.2. The molecule has 0 fully saturated rings. The van der Waals surface area contributed by atoms with Crippen molar-refractivity contribution >= 4 is 16.9 Å². The van der Waals surface area contributed by atoms with Crippen molar-refractivity contribution in [3.05, 3.63) is 33.8 Å². The summed E-state index contributed by atoms with van der Waals surface area (Å²) in [6.07, 6.45) is 0. The van der Waals surface area contributed by atoms with E-state index >= 15 is 0 Å². The minimum Gasteiger partial charge on any atom is -0.196 e. The Morgan fingerprint density at radius 3 is 0.952 bits per heavy atom. The van der Waals surface area contributed by atoms with E-state index in [1.807, 2.05) is 34.3 Å². The van der Waals surface area contributed by atoms with E-state index in [-0.39, 0.29) is 0 Å². The van der Waals surface area contributed by atoms with Crippen LogP contribution in [0, 0.1) is 41.5 Å². The van der Waals surface area contributed by atoms with E-state index in [0.717, 1.165) is 50.7 Å². The van der Waals surface area contributed by atoms with Gasteiger partial charge in [0, 0.05) is 16.7 Å². The molecule has 0 radical (unpaired) electrons. The third kappa shape index (κ3) is 1.30. The molecular weight excluding hydrogens is 264 g/mol. The Bertz CT molecular complexity index is 879. The highest BCUT2D eigenvalue weighted by Crippen LogP contribution is 2.25. The molecule has 0 saturated heterocycles. The summed E-state index contributed by atoms with van der Waals surface area (Å²) in [5, 5.41) is 14.1. The molecule has 4 heterocycles. The van der Waals surface area contributed by atoms with Gasteiger partial charge in [0.25, 0.3) is 0 Å². The van der Waals surface area contributed by atoms with Gasteiger partial charge in [-0.25, -0.2) is 0 Å². The molecule has 0 unspecified atom stereocenters. The van der Waals surface area contributed by atoms with Gasteiger partial charge >= 0.3 is 0 Å². The summed E-state index contributed by atoms with van der Waals surface area (Å²) >= 11 is 0. The van der Waals surface area contributed by atoms with Gasteiger partial charge in [-0.05, 0) is 41.5 Å². The van der Waals surface area contributed by atoms with Crippen LogP contribution in [0.4, 0.5) is 0 Å². The van der Waals surface area contributed by atoms with Crippen LogP contribution in [0.3, 0.4) is 0 Å². The second-order valence-electron chi connectivity index (χ2n) is 5.84. The maximum Gasteiger partial charge on any atom is 0.164 e. The Labute approximate surface area is 122 Å². The predicted molar refractivity (Wildman–Crippen MR) is 81.1 cm³/mol. The fourth-order valence-corrected chi connectivity index (χ4v) is 2.97. The fourth-order valence-electron chi connectivity index (χ4n) is 2.97. The first kappa shape index (κ1) is 12.4. The highest BCUT2D eigenvalue weighted by Gasteiger charge is 2.21. The SMILES string of the molecule is Cc1nn2c(c1C)n1nc(C)c(C)c1n1nc(C)c(C)c21. The molecule has 108 valence electrons. The number of aromatic nitrogens is 6. The summed E-state index contributed by atoms with van der Waals surface area (Å²) < 4.78 is 5.91. The number of hydrogen-bond acceptors (Lipinski definition) is 3. The quantitative estimate of drug-likeness (QED) is 0.498. The van der Waals surface area contributed by atoms with E-state index < -0.39 is 0 Å². The third-order valence-electron chi connectivity index (χ3n) is 4.59. The van der Waals surface area contributed by atoms with Crippen molar-refractivity contribution in [2.24, 2.45) is 0 Å². The van der Waals surface area contributed by atoms with Crippen molar-refractivity contribution in [1.82, 2.24) is 28.8 Å². The minimum atomic E-state index is 1.02. The molecule has 6 heteroatoms. The standard InChI is InChI=1S/C15H18N6/c1-7-10(4)16-19-13(7)20-15(8(2)11(5)17-20)21-14(19)9(3)12(6)18-21/h1-6H3. The molecule has 6 nitrogen and oxygen atoms in total. The van der Waals surface area contributed by atoms with Crippen molar-refractivity contribution in [2.45, 2.75) is 41.5 Å². The summed E-state index contributed by atoms with van der Waals surface area (Å²) in [6, 6.07) is 0. The van der Waals surface area contributed by atoms with E-state index in [2.05, 4.69) is 20.8 Å². The van der Waals surface area contributed by atoms with Crippen LogP contribution in [0.2, 0.25) is 0 Å². The van der Waals surface area contributed by atoms with Crippen molar-refractivity contribution in [3.8, 4) is 0 Å². The summed E-state index contributed by atoms with van der Waals surface area (Å²) in [5.41, 5.74) is 9.60. The van der Waals surface area contributed by atoms with Crippen molar-refractivity contribution in [3.63, 3.8) is 0 Å². The van der Waals surface area contributed by atoms with Gasteiger partial charge < -0.3 is 0 Å². The van der Waals surface area contributed by atoms with Gasteiger partial charge in [0.2, 0.25) is 0 Å². The summed E-state index contributed by atoms with van der Waals surface area (Å²) in [6.45, 7) is 12.4. The molecule has 0 amide bonds. The Balaban J connectivity index is 2.49. The number of aryl methyl sites for hydroxylation is 6. The van der Waals surface area contributed by atoms with Gasteiger partial charge in [0.05, 0.1) is 17.1 Å². The molecule has 0 atom stereocenters. The summed E-state index contributed by atoms with van der Waals surface area (Å²) in [7, 11) is 0. The summed E-state index contributed by atoms with van der Waals surface area (Å²) in [4.78, 5) is 0. The van der Waals surface area contributed by atoms with Gasteiger partial charge in [0.1, 0.15) is 0 Å². The van der Waals surface area contributed by atoms with Crippen LogP contribution in [0.5, 0.6) is 0 Å². The Morgan fingerprint density at radius 1 is 0.476 bits per heavy atom. The monoisotopic (exact) mass is 282 g/mol. The van der Waals surface area contributed by atoms with Crippen molar-refractivity contribution < 1.29 is 0 Å². The topological polar surface area (TPSA) is 51.9 Å². The van der Waals surface area contributed by atoms with E-state index in [1.165, 1.54) is 0 Å². The normalized spacial score (nSPS) is 12.3. The van der Waals surface area contributed by atoms with Crippen LogP contribution in [-0.2, 0) is 0 Å². The third-order valence-corrected chi connectivity index (χ3v) is 4.59. The molecule has 4 rings (SSSR count). The lowest BCUT2D eigenvalue weighted by molar-refractivity contribution is 0.814. The second kappa shape index (κ2) is 3.63. The molecule has 0 aromatic carbocycles. The van der Waals surface area contributed by atoms with Crippen LogP contribution in [0.15, 0.2) is 0 Å². The predicted octanol–water partition coefficient (Wildman–Crippen LogP) is 2.48. The average Bonchev–Trinajstić information content (AvgIpc) is 2.99. The van der Waals surface area contributed by atoms with Crippen LogP contribution < -0.4 is 0 Å². The molecule has 0 N–H and O–H groups in total. The molecule has 0 spiro atoms. The smallest absolute Gasteiger partial charge is 0.164 e. The molecule has 21 heavy (non-hydrogen) atoms. The number of rotatable bonds is 0. The maximum absolute atomic E-state index is 4.70. The Hall–Kier alpha value is -2.37. The second-order valence-corrected chi connectivity index (χ2v) is 5.84. The fraction of sp³-hybridized carbons (Fsp3) is 0.400. The van der Waals surface area contributed by atoms with Gasteiger partial charge in [-0.1, -0.05) is 0 Å².